The largest absolute Gasteiger partial charge is 0.444 e. The van der Waals surface area contributed by atoms with E-state index in [1.54, 1.807) is 0 Å². The maximum absolute atomic E-state index is 11.9. The molecule has 0 N–H and O–H groups in total. The Morgan fingerprint density at radius 3 is 2.74 bits per heavy atom. The van der Waals surface area contributed by atoms with Gasteiger partial charge in [-0.3, -0.25) is 4.79 Å². The highest BCUT2D eigenvalue weighted by atomic mass is 16.6. The number of carbonyl (C=O) groups is 2. The molecule has 0 bridgehead atoms. The maximum atomic E-state index is 11.9. The van der Waals surface area contributed by atoms with Crippen LogP contribution in [0.15, 0.2) is 42.5 Å². The Bertz CT molecular complexity index is 481. The van der Waals surface area contributed by atoms with Crippen molar-refractivity contribution in [3.05, 3.63) is 48.0 Å². The summed E-state index contributed by atoms with van der Waals surface area (Å²) in [5.41, 5.74) is 1.38. The fourth-order valence-corrected chi connectivity index (χ4v) is 1.98. The van der Waals surface area contributed by atoms with E-state index in [2.05, 4.69) is 6.58 Å². The van der Waals surface area contributed by atoms with E-state index in [-0.39, 0.29) is 12.5 Å². The van der Waals surface area contributed by atoms with Crippen LogP contribution >= 0.6 is 0 Å². The molecule has 0 radical (unpaired) electrons. The average molecular weight is 259 g/mol. The first-order chi connectivity index (χ1) is 9.18. The van der Waals surface area contributed by atoms with Crippen LogP contribution in [0, 0.1) is 0 Å². The Balaban J connectivity index is 1.95. The van der Waals surface area contributed by atoms with Crippen molar-refractivity contribution in [2.75, 3.05) is 6.54 Å². The van der Waals surface area contributed by atoms with E-state index < -0.39 is 6.09 Å². The van der Waals surface area contributed by atoms with E-state index in [9.17, 15) is 9.59 Å². The molecule has 1 heterocycles. The summed E-state index contributed by atoms with van der Waals surface area (Å²) in [6.07, 6.45) is 1.75. The standard InChI is InChI=1S/C15H17NO3/c1-12-7-5-6-10-16(14(12)17)15(18)19-11-13-8-3-2-4-9-13/h2-4,8-9H,1,5-7,10-11H2. The topological polar surface area (TPSA) is 46.6 Å². The van der Waals surface area contributed by atoms with Crippen LogP contribution in [-0.2, 0) is 16.1 Å². The summed E-state index contributed by atoms with van der Waals surface area (Å²) in [7, 11) is 0. The van der Waals surface area contributed by atoms with Crippen LogP contribution in [0.2, 0.25) is 0 Å². The summed E-state index contributed by atoms with van der Waals surface area (Å²) in [5, 5.41) is 0. The summed E-state index contributed by atoms with van der Waals surface area (Å²) in [5.74, 6) is -0.310. The van der Waals surface area contributed by atoms with Gasteiger partial charge < -0.3 is 4.74 Å². The molecule has 0 saturated carbocycles. The molecule has 0 spiro atoms. The molecule has 1 aliphatic rings. The number of rotatable bonds is 2. The Labute approximate surface area is 112 Å². The van der Waals surface area contributed by atoms with E-state index in [0.717, 1.165) is 23.3 Å². The van der Waals surface area contributed by atoms with Gasteiger partial charge in [-0.05, 0) is 24.8 Å². The second kappa shape index (κ2) is 6.18. The molecule has 0 aromatic heterocycles. The predicted molar refractivity (Wildman–Crippen MR) is 71.3 cm³/mol. The van der Waals surface area contributed by atoms with Crippen molar-refractivity contribution in [3.8, 4) is 0 Å². The van der Waals surface area contributed by atoms with Crippen molar-refractivity contribution in [2.45, 2.75) is 25.9 Å². The van der Waals surface area contributed by atoms with Crippen LogP contribution in [0.4, 0.5) is 4.79 Å². The highest BCUT2D eigenvalue weighted by Gasteiger charge is 2.26. The van der Waals surface area contributed by atoms with Crippen LogP contribution in [0.5, 0.6) is 0 Å². The zero-order valence-electron chi connectivity index (χ0n) is 10.8. The molecule has 2 rings (SSSR count). The van der Waals surface area contributed by atoms with Gasteiger partial charge in [-0.1, -0.05) is 36.9 Å². The summed E-state index contributed by atoms with van der Waals surface area (Å²) in [6.45, 7) is 4.29. The summed E-state index contributed by atoms with van der Waals surface area (Å²) in [4.78, 5) is 25.0. The number of amides is 2. The second-order valence-corrected chi connectivity index (χ2v) is 4.56. The number of nitrogens with zero attached hydrogens (tertiary/aromatic N) is 1. The summed E-state index contributed by atoms with van der Waals surface area (Å²) >= 11 is 0. The van der Waals surface area contributed by atoms with E-state index >= 15 is 0 Å². The lowest BCUT2D eigenvalue weighted by Crippen LogP contribution is -2.37. The van der Waals surface area contributed by atoms with Crippen molar-refractivity contribution < 1.29 is 14.3 Å². The number of benzene rings is 1. The van der Waals surface area contributed by atoms with Gasteiger partial charge in [0.05, 0.1) is 0 Å². The smallest absolute Gasteiger partial charge is 0.417 e. The van der Waals surface area contributed by atoms with Crippen LogP contribution < -0.4 is 0 Å². The third kappa shape index (κ3) is 3.44. The van der Waals surface area contributed by atoms with E-state index in [1.165, 1.54) is 0 Å². The van der Waals surface area contributed by atoms with Crippen molar-refractivity contribution >= 4 is 12.0 Å². The minimum Gasteiger partial charge on any atom is -0.444 e. The van der Waals surface area contributed by atoms with E-state index in [0.29, 0.717) is 18.5 Å². The molecule has 0 aliphatic carbocycles. The highest BCUT2D eigenvalue weighted by molar-refractivity contribution is 6.02. The first-order valence-corrected chi connectivity index (χ1v) is 6.39. The lowest BCUT2D eigenvalue weighted by atomic mass is 10.1. The molecule has 4 nitrogen and oxygen atoms in total. The zero-order chi connectivity index (χ0) is 13.7. The number of ether oxygens (including phenoxy) is 1. The molecule has 1 aliphatic heterocycles. The minimum atomic E-state index is -0.586. The Kier molecular flexibility index (Phi) is 4.34. The minimum absolute atomic E-state index is 0.177. The average Bonchev–Trinajstić information content (AvgIpc) is 2.60. The normalized spacial score (nSPS) is 16.1. The van der Waals surface area contributed by atoms with Crippen LogP contribution in [0.3, 0.4) is 0 Å². The maximum Gasteiger partial charge on any atom is 0.417 e. The molecule has 0 unspecified atom stereocenters. The molecular formula is C15H17NO3. The fourth-order valence-electron chi connectivity index (χ4n) is 1.98. The first kappa shape index (κ1) is 13.3. The van der Waals surface area contributed by atoms with Gasteiger partial charge in [-0.2, -0.15) is 0 Å². The van der Waals surface area contributed by atoms with Gasteiger partial charge in [0.1, 0.15) is 6.61 Å². The number of likely N-dealkylation sites (tertiary alicyclic amines) is 1. The zero-order valence-corrected chi connectivity index (χ0v) is 10.8. The first-order valence-electron chi connectivity index (χ1n) is 6.39. The van der Waals surface area contributed by atoms with Gasteiger partial charge >= 0.3 is 6.09 Å². The molecule has 0 atom stereocenters. The van der Waals surface area contributed by atoms with Crippen LogP contribution in [0.25, 0.3) is 0 Å². The Hall–Kier alpha value is -2.10. The monoisotopic (exact) mass is 259 g/mol. The van der Waals surface area contributed by atoms with Gasteiger partial charge in [-0.15, -0.1) is 0 Å². The molecule has 100 valence electrons. The Morgan fingerprint density at radius 2 is 2.00 bits per heavy atom. The van der Waals surface area contributed by atoms with Crippen molar-refractivity contribution in [3.63, 3.8) is 0 Å². The summed E-state index contributed by atoms with van der Waals surface area (Å²) in [6, 6.07) is 9.39. The third-order valence-corrected chi connectivity index (χ3v) is 3.08. The highest BCUT2D eigenvalue weighted by Crippen LogP contribution is 2.16. The molecule has 1 fully saturated rings. The number of hydrogen-bond acceptors (Lipinski definition) is 3. The van der Waals surface area contributed by atoms with Crippen molar-refractivity contribution in [1.82, 2.24) is 4.90 Å². The molecule has 19 heavy (non-hydrogen) atoms. The molecule has 1 aromatic carbocycles. The summed E-state index contributed by atoms with van der Waals surface area (Å²) < 4.78 is 5.17. The lowest BCUT2D eigenvalue weighted by molar-refractivity contribution is -0.125. The molecule has 4 heteroatoms. The van der Waals surface area contributed by atoms with E-state index in [4.69, 9.17) is 4.74 Å². The van der Waals surface area contributed by atoms with Crippen LogP contribution in [-0.4, -0.2) is 23.4 Å². The Morgan fingerprint density at radius 1 is 1.26 bits per heavy atom. The second-order valence-electron chi connectivity index (χ2n) is 4.56. The number of carbonyl (C=O) groups excluding carboxylic acids is 2. The van der Waals surface area contributed by atoms with Crippen molar-refractivity contribution in [2.24, 2.45) is 0 Å². The third-order valence-electron chi connectivity index (χ3n) is 3.08. The van der Waals surface area contributed by atoms with E-state index in [1.807, 2.05) is 30.3 Å². The van der Waals surface area contributed by atoms with Gasteiger partial charge in [0.15, 0.2) is 0 Å². The predicted octanol–water partition coefficient (Wildman–Crippen LogP) is 2.89. The van der Waals surface area contributed by atoms with Gasteiger partial charge in [0.2, 0.25) is 0 Å². The van der Waals surface area contributed by atoms with Crippen molar-refractivity contribution in [1.29, 1.82) is 0 Å². The SMILES string of the molecule is C=C1CCCCN(C(=O)OCc2ccccc2)C1=O. The number of imide groups is 1. The van der Waals surface area contributed by atoms with Gasteiger partial charge in [-0.25, -0.2) is 9.69 Å². The fraction of sp³-hybridized carbons (Fsp3) is 0.333. The van der Waals surface area contributed by atoms with Gasteiger partial charge in [0, 0.05) is 12.1 Å². The lowest BCUT2D eigenvalue weighted by Gasteiger charge is -2.18. The van der Waals surface area contributed by atoms with Crippen LogP contribution in [0.1, 0.15) is 24.8 Å². The molecule has 1 saturated heterocycles. The molecule has 1 aromatic rings. The molecular weight excluding hydrogens is 242 g/mol. The number of hydrogen-bond donors (Lipinski definition) is 0. The van der Waals surface area contributed by atoms with Gasteiger partial charge in [0.25, 0.3) is 5.91 Å². The molecule has 2 amide bonds. The quantitative estimate of drug-likeness (QED) is 0.767.